The third kappa shape index (κ3) is 2.00. The molecule has 0 unspecified atom stereocenters. The fourth-order valence-electron chi connectivity index (χ4n) is 0.898. The number of aryl methyl sites for hydroxylation is 1. The normalized spacial score (nSPS) is 11.1. The monoisotopic (exact) mass is 181 g/mol. The van der Waals surface area contributed by atoms with Crippen molar-refractivity contribution in [2.75, 3.05) is 0 Å². The van der Waals surface area contributed by atoms with E-state index < -0.39 is 0 Å². The number of hydrogen-bond acceptors (Lipinski definition) is 2. The largest absolute Gasteiger partial charge is 0.241 e. The van der Waals surface area contributed by atoms with Crippen LogP contribution in [0.25, 0.3) is 10.4 Å². The molecule has 1 heterocycles. The zero-order valence-corrected chi connectivity index (χ0v) is 8.27. The van der Waals surface area contributed by atoms with E-state index in [-0.39, 0.29) is 5.54 Å². The molecule has 0 N–H and O–H groups in total. The van der Waals surface area contributed by atoms with Crippen molar-refractivity contribution in [1.82, 2.24) is 0 Å². The van der Waals surface area contributed by atoms with Crippen LogP contribution in [0.15, 0.2) is 15.8 Å². The number of aromatic nitrogens is 1. The summed E-state index contributed by atoms with van der Waals surface area (Å²) in [6, 6.07) is 0. The Bertz CT molecular complexity index is 355. The summed E-state index contributed by atoms with van der Waals surface area (Å²) in [5, 5.41) is 3.51. The lowest BCUT2D eigenvalue weighted by molar-refractivity contribution is -0.907. The highest BCUT2D eigenvalue weighted by Crippen LogP contribution is 2.18. The standard InChI is InChI=1S/C8H13N4O/c1-6-7(10-11-9)5-12(13-6)8(2,3)4/h5H,1-4H3/q+1. The Morgan fingerprint density at radius 3 is 2.54 bits per heavy atom. The summed E-state index contributed by atoms with van der Waals surface area (Å²) < 4.78 is 7.06. The number of rotatable bonds is 1. The van der Waals surface area contributed by atoms with Gasteiger partial charge in [0.2, 0.25) is 11.7 Å². The third-order valence-electron chi connectivity index (χ3n) is 1.65. The molecule has 0 aliphatic carbocycles. The molecule has 0 radical (unpaired) electrons. The molecule has 5 heteroatoms. The molecule has 0 atom stereocenters. The Balaban J connectivity index is 3.16. The van der Waals surface area contributed by atoms with Crippen LogP contribution < -0.4 is 4.74 Å². The van der Waals surface area contributed by atoms with E-state index in [1.54, 1.807) is 17.9 Å². The number of nitrogens with zero attached hydrogens (tertiary/aromatic N) is 4. The first-order chi connectivity index (χ1) is 5.95. The Morgan fingerprint density at radius 2 is 2.15 bits per heavy atom. The molecule has 0 aliphatic rings. The topological polar surface area (TPSA) is 65.8 Å². The van der Waals surface area contributed by atoms with E-state index in [2.05, 4.69) is 10.0 Å². The number of hydrogen-bond donors (Lipinski definition) is 0. The Kier molecular flexibility index (Phi) is 2.30. The second-order valence-electron chi connectivity index (χ2n) is 3.85. The molecule has 5 nitrogen and oxygen atoms in total. The molecular weight excluding hydrogens is 168 g/mol. The van der Waals surface area contributed by atoms with Crippen molar-refractivity contribution in [2.24, 2.45) is 5.11 Å². The van der Waals surface area contributed by atoms with Crippen molar-refractivity contribution in [3.8, 4) is 0 Å². The van der Waals surface area contributed by atoms with Crippen molar-refractivity contribution in [3.05, 3.63) is 22.4 Å². The summed E-state index contributed by atoms with van der Waals surface area (Å²) in [6.45, 7) is 7.80. The zero-order chi connectivity index (χ0) is 10.1. The van der Waals surface area contributed by atoms with E-state index in [1.165, 1.54) is 0 Å². The van der Waals surface area contributed by atoms with Crippen LogP contribution in [0.5, 0.6) is 0 Å². The van der Waals surface area contributed by atoms with Crippen molar-refractivity contribution in [2.45, 2.75) is 33.2 Å². The van der Waals surface area contributed by atoms with Gasteiger partial charge in [0, 0.05) is 32.6 Å². The van der Waals surface area contributed by atoms with Crippen LogP contribution in [0.3, 0.4) is 0 Å². The number of azide groups is 1. The molecule has 0 aliphatic heterocycles. The lowest BCUT2D eigenvalue weighted by Gasteiger charge is -2.05. The minimum atomic E-state index is -0.131. The highest BCUT2D eigenvalue weighted by atomic mass is 16.5. The smallest absolute Gasteiger partial charge is 0.230 e. The minimum absolute atomic E-state index is 0.131. The molecule has 1 aromatic rings. The van der Waals surface area contributed by atoms with Crippen LogP contribution in [-0.4, -0.2) is 0 Å². The molecule has 1 aromatic heterocycles. The average Bonchev–Trinajstić information content (AvgIpc) is 2.32. The highest BCUT2D eigenvalue weighted by Gasteiger charge is 2.27. The lowest BCUT2D eigenvalue weighted by atomic mass is 10.1. The molecule has 0 spiro atoms. The van der Waals surface area contributed by atoms with Gasteiger partial charge in [0.25, 0.3) is 0 Å². The maximum Gasteiger partial charge on any atom is 0.230 e. The van der Waals surface area contributed by atoms with Crippen LogP contribution in [0, 0.1) is 6.92 Å². The second kappa shape index (κ2) is 3.11. The molecule has 1 rings (SSSR count). The van der Waals surface area contributed by atoms with E-state index in [9.17, 15) is 0 Å². The molecule has 70 valence electrons. The second-order valence-corrected chi connectivity index (χ2v) is 3.85. The van der Waals surface area contributed by atoms with Gasteiger partial charge >= 0.3 is 0 Å². The molecule has 0 amide bonds. The summed E-state index contributed by atoms with van der Waals surface area (Å²) in [6.07, 6.45) is 1.70. The van der Waals surface area contributed by atoms with E-state index in [0.29, 0.717) is 11.4 Å². The van der Waals surface area contributed by atoms with Crippen molar-refractivity contribution < 1.29 is 9.26 Å². The van der Waals surface area contributed by atoms with Crippen LogP contribution in [0.4, 0.5) is 5.69 Å². The highest BCUT2D eigenvalue weighted by molar-refractivity contribution is 5.34. The van der Waals surface area contributed by atoms with Gasteiger partial charge in [-0.15, -0.1) is 0 Å². The van der Waals surface area contributed by atoms with E-state index >= 15 is 0 Å². The average molecular weight is 181 g/mol. The van der Waals surface area contributed by atoms with Gasteiger partial charge < -0.3 is 0 Å². The molecule has 0 saturated heterocycles. The van der Waals surface area contributed by atoms with Gasteiger partial charge in [0.05, 0.1) is 0 Å². The molecular formula is C8H13N4O+. The summed E-state index contributed by atoms with van der Waals surface area (Å²) in [5.74, 6) is 0.632. The van der Waals surface area contributed by atoms with Crippen LogP contribution in [0.1, 0.15) is 26.5 Å². The lowest BCUT2D eigenvalue weighted by Crippen LogP contribution is -2.48. The summed E-state index contributed by atoms with van der Waals surface area (Å²) in [7, 11) is 0. The van der Waals surface area contributed by atoms with Gasteiger partial charge in [0.1, 0.15) is 0 Å². The van der Waals surface area contributed by atoms with Crippen molar-refractivity contribution in [3.63, 3.8) is 0 Å². The van der Waals surface area contributed by atoms with Gasteiger partial charge in [-0.2, -0.15) is 0 Å². The minimum Gasteiger partial charge on any atom is -0.241 e. The van der Waals surface area contributed by atoms with Crippen LogP contribution in [-0.2, 0) is 5.54 Å². The fourth-order valence-corrected chi connectivity index (χ4v) is 0.898. The van der Waals surface area contributed by atoms with Gasteiger partial charge in [0.15, 0.2) is 11.4 Å². The Labute approximate surface area is 76.6 Å². The maximum absolute atomic E-state index is 8.26. The van der Waals surface area contributed by atoms with Crippen molar-refractivity contribution >= 4 is 5.69 Å². The summed E-state index contributed by atoms with van der Waals surface area (Å²) >= 11 is 0. The zero-order valence-electron chi connectivity index (χ0n) is 8.27. The fraction of sp³-hybridized carbons (Fsp3) is 0.625. The van der Waals surface area contributed by atoms with Crippen LogP contribution in [0.2, 0.25) is 0 Å². The summed E-state index contributed by atoms with van der Waals surface area (Å²) in [5.41, 5.74) is 8.67. The van der Waals surface area contributed by atoms with Gasteiger partial charge in [-0.3, -0.25) is 0 Å². The Hall–Kier alpha value is -1.48. The molecule has 0 aromatic carbocycles. The first-order valence-corrected chi connectivity index (χ1v) is 4.03. The predicted octanol–water partition coefficient (Wildman–Crippen LogP) is 2.57. The Morgan fingerprint density at radius 1 is 1.54 bits per heavy atom. The quantitative estimate of drug-likeness (QED) is 0.284. The third-order valence-corrected chi connectivity index (χ3v) is 1.65. The maximum atomic E-state index is 8.26. The van der Waals surface area contributed by atoms with E-state index in [0.717, 1.165) is 0 Å². The molecule has 0 fully saturated rings. The van der Waals surface area contributed by atoms with E-state index in [1.807, 2.05) is 20.8 Å². The van der Waals surface area contributed by atoms with Gasteiger partial charge in [-0.05, 0) is 10.3 Å². The van der Waals surface area contributed by atoms with Gasteiger partial charge in [-0.25, -0.2) is 4.52 Å². The van der Waals surface area contributed by atoms with Gasteiger partial charge in [-0.1, -0.05) is 5.11 Å². The molecule has 0 saturated carbocycles. The van der Waals surface area contributed by atoms with E-state index in [4.69, 9.17) is 10.1 Å². The first kappa shape index (κ1) is 9.61. The first-order valence-electron chi connectivity index (χ1n) is 4.03. The molecule has 13 heavy (non-hydrogen) atoms. The SMILES string of the molecule is Cc1o[n+](C(C)(C)C)cc1N=[N+]=[N-]. The van der Waals surface area contributed by atoms with Crippen LogP contribution >= 0.6 is 0 Å². The predicted molar refractivity (Wildman–Crippen MR) is 47.4 cm³/mol. The summed E-state index contributed by atoms with van der Waals surface area (Å²) in [4.78, 5) is 2.71. The molecule has 0 bridgehead atoms. The van der Waals surface area contributed by atoms with Crippen molar-refractivity contribution in [1.29, 1.82) is 0 Å².